The third-order valence-corrected chi connectivity index (χ3v) is 5.12. The number of hydrogen-bond donors (Lipinski definition) is 3. The number of nitrogens with one attached hydrogen (secondary N) is 3. The van der Waals surface area contributed by atoms with Gasteiger partial charge in [-0.25, -0.2) is 13.4 Å². The number of anilines is 3. The normalized spacial score (nSPS) is 11.6. The van der Waals surface area contributed by atoms with Crippen LogP contribution in [0.15, 0.2) is 59.8 Å². The van der Waals surface area contributed by atoms with Gasteiger partial charge in [0.1, 0.15) is 5.69 Å². The van der Waals surface area contributed by atoms with Crippen molar-refractivity contribution in [1.29, 1.82) is 0 Å². The lowest BCUT2D eigenvalue weighted by molar-refractivity contribution is -0.347. The molecule has 0 bridgehead atoms. The standard InChI is InChI=1S/C18H16N6O2S/c1-27(25,26)14-7-2-4-11(8-14)15-16-17(21-10-20-16)24-18(23-15)22-13-6-3-5-12(19)9-13/h2-10H,19H2,1H3,(H2,20,21,22,23,24)/p+1. The maximum absolute atomic E-state index is 11.9. The second-order valence-corrected chi connectivity index (χ2v) is 8.12. The fourth-order valence-corrected chi connectivity index (χ4v) is 3.43. The molecule has 2 heterocycles. The molecule has 27 heavy (non-hydrogen) atoms. The summed E-state index contributed by atoms with van der Waals surface area (Å²) in [6, 6.07) is 13.9. The van der Waals surface area contributed by atoms with Gasteiger partial charge in [0.2, 0.25) is 0 Å². The van der Waals surface area contributed by atoms with Crippen molar-refractivity contribution in [1.82, 2.24) is 15.0 Å². The van der Waals surface area contributed by atoms with Crippen molar-refractivity contribution in [3.05, 3.63) is 54.9 Å². The van der Waals surface area contributed by atoms with Crippen LogP contribution in [0, 0.1) is 0 Å². The highest BCUT2D eigenvalue weighted by Crippen LogP contribution is 2.27. The maximum atomic E-state index is 11.9. The van der Waals surface area contributed by atoms with E-state index in [1.165, 1.54) is 6.26 Å². The lowest BCUT2D eigenvalue weighted by Crippen LogP contribution is -2.04. The first-order valence-electron chi connectivity index (χ1n) is 8.10. The van der Waals surface area contributed by atoms with Crippen LogP contribution in [-0.4, -0.2) is 29.6 Å². The molecule has 8 nitrogen and oxygen atoms in total. The Bertz CT molecular complexity index is 1250. The van der Waals surface area contributed by atoms with Gasteiger partial charge in [0, 0.05) is 23.2 Å². The molecule has 9 heteroatoms. The molecule has 136 valence electrons. The summed E-state index contributed by atoms with van der Waals surface area (Å²) >= 11 is 0. The Labute approximate surface area is 155 Å². The number of hydrogen-bond acceptors (Lipinski definition) is 6. The Hall–Kier alpha value is -3.46. The minimum absolute atomic E-state index is 0.229. The van der Waals surface area contributed by atoms with Gasteiger partial charge in [-0.15, -0.1) is 0 Å². The van der Waals surface area contributed by atoms with E-state index in [2.05, 4.69) is 25.3 Å². The molecular weight excluding hydrogens is 364 g/mol. The van der Waals surface area contributed by atoms with Gasteiger partial charge in [0.25, 0.3) is 0 Å². The van der Waals surface area contributed by atoms with E-state index in [1.807, 2.05) is 18.2 Å². The SMILES string of the molecule is CS(=O)(=O)c1cccc(-c2nc(Nc3cccc(N)c3)nc3[nH+]c[nH]c23)c1. The van der Waals surface area contributed by atoms with Crippen molar-refractivity contribution < 1.29 is 13.4 Å². The van der Waals surface area contributed by atoms with Crippen molar-refractivity contribution >= 4 is 38.3 Å². The van der Waals surface area contributed by atoms with E-state index in [1.54, 1.807) is 36.7 Å². The minimum atomic E-state index is -3.33. The zero-order chi connectivity index (χ0) is 19.0. The van der Waals surface area contributed by atoms with Crippen LogP contribution in [0.4, 0.5) is 17.3 Å². The van der Waals surface area contributed by atoms with Crippen LogP contribution < -0.4 is 16.0 Å². The summed E-state index contributed by atoms with van der Waals surface area (Å²) in [4.78, 5) is 15.4. The topological polar surface area (TPSA) is 128 Å². The fraction of sp³-hybridized carbons (Fsp3) is 0.0556. The van der Waals surface area contributed by atoms with Crippen LogP contribution >= 0.6 is 0 Å². The molecule has 0 aliphatic heterocycles. The second kappa shape index (κ2) is 6.36. The molecule has 0 radical (unpaired) electrons. The predicted octanol–water partition coefficient (Wildman–Crippen LogP) is 2.17. The fourth-order valence-electron chi connectivity index (χ4n) is 2.76. The highest BCUT2D eigenvalue weighted by molar-refractivity contribution is 7.90. The summed E-state index contributed by atoms with van der Waals surface area (Å²) in [5, 5.41) is 3.13. The van der Waals surface area contributed by atoms with Gasteiger partial charge >= 0.3 is 11.6 Å². The number of H-pyrrole nitrogens is 2. The number of rotatable bonds is 4. The van der Waals surface area contributed by atoms with Gasteiger partial charge < -0.3 is 11.1 Å². The van der Waals surface area contributed by atoms with Gasteiger partial charge in [-0.3, -0.25) is 4.98 Å². The number of nitrogens with two attached hydrogens (primary N) is 1. The van der Waals surface area contributed by atoms with Crippen molar-refractivity contribution in [3.8, 4) is 11.3 Å². The monoisotopic (exact) mass is 381 g/mol. The number of aromatic nitrogens is 4. The lowest BCUT2D eigenvalue weighted by atomic mass is 10.1. The Morgan fingerprint density at radius 2 is 1.93 bits per heavy atom. The Kier molecular flexibility index (Phi) is 4.00. The second-order valence-electron chi connectivity index (χ2n) is 6.10. The van der Waals surface area contributed by atoms with Crippen molar-refractivity contribution in [2.75, 3.05) is 17.3 Å². The van der Waals surface area contributed by atoms with Crippen LogP contribution in [-0.2, 0) is 9.84 Å². The van der Waals surface area contributed by atoms with Gasteiger partial charge in [0.15, 0.2) is 21.7 Å². The molecule has 4 rings (SSSR count). The molecule has 0 aliphatic rings. The van der Waals surface area contributed by atoms with E-state index in [-0.39, 0.29) is 4.90 Å². The highest BCUT2D eigenvalue weighted by atomic mass is 32.2. The molecule has 0 aliphatic carbocycles. The molecule has 2 aromatic carbocycles. The zero-order valence-corrected chi connectivity index (χ0v) is 15.2. The zero-order valence-electron chi connectivity index (χ0n) is 14.4. The average Bonchev–Trinajstić information content (AvgIpc) is 3.09. The summed E-state index contributed by atoms with van der Waals surface area (Å²) in [6.45, 7) is 0. The molecule has 0 unspecified atom stereocenters. The average molecular weight is 381 g/mol. The molecular formula is C18H17N6O2S+. The Morgan fingerprint density at radius 1 is 1.11 bits per heavy atom. The van der Waals surface area contributed by atoms with E-state index in [9.17, 15) is 8.42 Å². The molecule has 0 amide bonds. The smallest absolute Gasteiger partial charge is 0.305 e. The third-order valence-electron chi connectivity index (χ3n) is 4.01. The summed E-state index contributed by atoms with van der Waals surface area (Å²) in [7, 11) is -3.33. The number of imidazole rings is 1. The lowest BCUT2D eigenvalue weighted by Gasteiger charge is -2.06. The first-order chi connectivity index (χ1) is 12.9. The van der Waals surface area contributed by atoms with E-state index in [0.717, 1.165) is 5.69 Å². The van der Waals surface area contributed by atoms with Gasteiger partial charge in [-0.1, -0.05) is 23.2 Å². The van der Waals surface area contributed by atoms with Crippen LogP contribution in [0.1, 0.15) is 0 Å². The molecule has 5 N–H and O–H groups in total. The van der Waals surface area contributed by atoms with E-state index in [4.69, 9.17) is 5.73 Å². The summed E-state index contributed by atoms with van der Waals surface area (Å²) in [5.41, 5.74) is 9.71. The van der Waals surface area contributed by atoms with Crippen molar-refractivity contribution in [2.24, 2.45) is 0 Å². The largest absolute Gasteiger partial charge is 0.399 e. The van der Waals surface area contributed by atoms with Crippen molar-refractivity contribution in [2.45, 2.75) is 4.90 Å². The van der Waals surface area contributed by atoms with Crippen LogP contribution in [0.25, 0.3) is 22.4 Å². The van der Waals surface area contributed by atoms with Crippen LogP contribution in [0.3, 0.4) is 0 Å². The van der Waals surface area contributed by atoms with Gasteiger partial charge in [0.05, 0.1) is 4.90 Å². The third kappa shape index (κ3) is 3.44. The van der Waals surface area contributed by atoms with Crippen LogP contribution in [0.5, 0.6) is 0 Å². The molecule has 0 saturated carbocycles. The first-order valence-corrected chi connectivity index (χ1v) is 9.99. The van der Waals surface area contributed by atoms with Crippen molar-refractivity contribution in [3.63, 3.8) is 0 Å². The predicted molar refractivity (Wildman–Crippen MR) is 103 cm³/mol. The number of benzene rings is 2. The van der Waals surface area contributed by atoms with Gasteiger partial charge in [-0.05, 0) is 30.3 Å². The van der Waals surface area contributed by atoms with E-state index >= 15 is 0 Å². The van der Waals surface area contributed by atoms with E-state index in [0.29, 0.717) is 34.1 Å². The Balaban J connectivity index is 1.84. The number of nitrogen functional groups attached to an aromatic ring is 1. The van der Waals surface area contributed by atoms with Crippen LogP contribution in [0.2, 0.25) is 0 Å². The number of aromatic amines is 2. The highest BCUT2D eigenvalue weighted by Gasteiger charge is 2.19. The molecule has 0 saturated heterocycles. The number of sulfone groups is 1. The van der Waals surface area contributed by atoms with Gasteiger partial charge in [-0.2, -0.15) is 4.98 Å². The molecule has 2 aromatic heterocycles. The maximum Gasteiger partial charge on any atom is 0.305 e. The number of nitrogens with zero attached hydrogens (tertiary/aromatic N) is 2. The Morgan fingerprint density at radius 3 is 2.70 bits per heavy atom. The quantitative estimate of drug-likeness (QED) is 0.465. The number of fused-ring (bicyclic) bond motifs is 1. The molecule has 0 fully saturated rings. The van der Waals surface area contributed by atoms with E-state index < -0.39 is 9.84 Å². The summed E-state index contributed by atoms with van der Waals surface area (Å²) in [5.74, 6) is 0.365. The minimum Gasteiger partial charge on any atom is -0.399 e. The summed E-state index contributed by atoms with van der Waals surface area (Å²) in [6.07, 6.45) is 2.82. The molecule has 4 aromatic rings. The molecule has 0 atom stereocenters. The summed E-state index contributed by atoms with van der Waals surface area (Å²) < 4.78 is 23.8. The molecule has 0 spiro atoms. The first kappa shape index (κ1) is 17.0.